The van der Waals surface area contributed by atoms with Gasteiger partial charge < -0.3 is 14.8 Å². The van der Waals surface area contributed by atoms with Gasteiger partial charge in [0.1, 0.15) is 18.2 Å². The lowest BCUT2D eigenvalue weighted by atomic mass is 9.94. The smallest absolute Gasteiger partial charge is 0.149 e. The van der Waals surface area contributed by atoms with Crippen molar-refractivity contribution in [3.8, 4) is 11.5 Å². The Balaban J connectivity index is 1.54. The number of methoxy groups -OCH3 is 1. The van der Waals surface area contributed by atoms with Crippen LogP contribution in [-0.4, -0.2) is 25.3 Å². The highest BCUT2D eigenvalue weighted by molar-refractivity contribution is 5.69. The number of nitrogens with zero attached hydrogens (tertiary/aromatic N) is 1. The van der Waals surface area contributed by atoms with Gasteiger partial charge in [0.15, 0.2) is 0 Å². The molecule has 126 valence electrons. The normalized spacial score (nSPS) is 16.6. The fraction of sp³-hybridized carbons (Fsp3) is 0.400. The third kappa shape index (κ3) is 2.82. The van der Waals surface area contributed by atoms with Gasteiger partial charge in [-0.15, -0.1) is 0 Å². The monoisotopic (exact) mass is 324 g/mol. The zero-order valence-corrected chi connectivity index (χ0v) is 14.4. The minimum Gasteiger partial charge on any atom is -0.497 e. The fourth-order valence-corrected chi connectivity index (χ4v) is 3.71. The predicted molar refractivity (Wildman–Crippen MR) is 95.7 cm³/mol. The molecule has 1 N–H and O–H groups in total. The Morgan fingerprint density at radius 3 is 2.88 bits per heavy atom. The molecule has 2 aromatic carbocycles. The first-order valence-corrected chi connectivity index (χ1v) is 8.62. The third-order valence-corrected chi connectivity index (χ3v) is 4.94. The molecule has 2 heterocycles. The summed E-state index contributed by atoms with van der Waals surface area (Å²) in [6.45, 7) is 5.71. The van der Waals surface area contributed by atoms with Crippen LogP contribution in [0.4, 0.5) is 5.69 Å². The molecule has 4 rings (SSSR count). The molecule has 0 fully saturated rings. The van der Waals surface area contributed by atoms with Crippen LogP contribution in [0.1, 0.15) is 28.7 Å². The largest absolute Gasteiger partial charge is 0.497 e. The van der Waals surface area contributed by atoms with Crippen molar-refractivity contribution < 1.29 is 9.47 Å². The van der Waals surface area contributed by atoms with Gasteiger partial charge in [-0.25, -0.2) is 0 Å². The van der Waals surface area contributed by atoms with Crippen molar-refractivity contribution in [2.45, 2.75) is 32.9 Å². The predicted octanol–water partition coefficient (Wildman–Crippen LogP) is 3.71. The highest BCUT2D eigenvalue weighted by atomic mass is 16.5. The molecule has 0 amide bonds. The number of rotatable bonds is 3. The number of benzene rings is 2. The maximum absolute atomic E-state index is 6.15. The first-order chi connectivity index (χ1) is 11.7. The van der Waals surface area contributed by atoms with Crippen LogP contribution in [0.3, 0.4) is 0 Å². The highest BCUT2D eigenvalue weighted by Crippen LogP contribution is 2.40. The second-order valence-electron chi connectivity index (χ2n) is 6.67. The molecule has 24 heavy (non-hydrogen) atoms. The van der Waals surface area contributed by atoms with E-state index in [1.54, 1.807) is 7.11 Å². The van der Waals surface area contributed by atoms with Gasteiger partial charge >= 0.3 is 0 Å². The van der Waals surface area contributed by atoms with Crippen LogP contribution in [0.5, 0.6) is 11.5 Å². The number of nitrogens with one attached hydrogen (secondary N) is 1. The quantitative estimate of drug-likeness (QED) is 0.933. The van der Waals surface area contributed by atoms with Crippen molar-refractivity contribution in [2.75, 3.05) is 25.7 Å². The average Bonchev–Trinajstić information content (AvgIpc) is 2.62. The van der Waals surface area contributed by atoms with E-state index in [4.69, 9.17) is 9.47 Å². The van der Waals surface area contributed by atoms with Gasteiger partial charge in [0, 0.05) is 25.2 Å². The van der Waals surface area contributed by atoms with Crippen molar-refractivity contribution >= 4 is 5.69 Å². The molecule has 0 bridgehead atoms. The first-order valence-electron chi connectivity index (χ1n) is 8.62. The third-order valence-electron chi connectivity index (χ3n) is 4.94. The standard InChI is InChI=1S/C20H24N2O2/c1-14-10-16-12-22(11-15-5-7-17(23-2)8-6-15)13-24-20(16)19-18(14)4-3-9-21-19/h5-8,10,21H,3-4,9,11-13H2,1-2H3. The molecule has 2 aliphatic rings. The molecule has 0 atom stereocenters. The Bertz CT molecular complexity index is 740. The Labute approximate surface area is 143 Å². The maximum Gasteiger partial charge on any atom is 0.149 e. The summed E-state index contributed by atoms with van der Waals surface area (Å²) in [5, 5.41) is 3.55. The summed E-state index contributed by atoms with van der Waals surface area (Å²) < 4.78 is 11.4. The van der Waals surface area contributed by atoms with Crippen LogP contribution in [0.25, 0.3) is 0 Å². The topological polar surface area (TPSA) is 33.7 Å². The highest BCUT2D eigenvalue weighted by Gasteiger charge is 2.25. The zero-order chi connectivity index (χ0) is 16.5. The number of hydrogen-bond acceptors (Lipinski definition) is 4. The Kier molecular flexibility index (Phi) is 4.07. The van der Waals surface area contributed by atoms with E-state index >= 15 is 0 Å². The lowest BCUT2D eigenvalue weighted by Crippen LogP contribution is -2.32. The summed E-state index contributed by atoms with van der Waals surface area (Å²) in [7, 11) is 1.70. The van der Waals surface area contributed by atoms with Gasteiger partial charge in [0.05, 0.1) is 12.8 Å². The number of hydrogen-bond donors (Lipinski definition) is 1. The first kappa shape index (κ1) is 15.3. The van der Waals surface area contributed by atoms with E-state index in [0.717, 1.165) is 37.6 Å². The van der Waals surface area contributed by atoms with Crippen molar-refractivity contribution in [1.29, 1.82) is 0 Å². The van der Waals surface area contributed by atoms with Crippen molar-refractivity contribution in [2.24, 2.45) is 0 Å². The van der Waals surface area contributed by atoms with E-state index in [0.29, 0.717) is 6.73 Å². The molecule has 2 aromatic rings. The van der Waals surface area contributed by atoms with Gasteiger partial charge in [-0.1, -0.05) is 18.2 Å². The van der Waals surface area contributed by atoms with E-state index in [9.17, 15) is 0 Å². The Hall–Kier alpha value is -2.20. The van der Waals surface area contributed by atoms with E-state index in [2.05, 4.69) is 35.3 Å². The molecule has 0 radical (unpaired) electrons. The number of fused-ring (bicyclic) bond motifs is 3. The average molecular weight is 324 g/mol. The molecular weight excluding hydrogens is 300 g/mol. The zero-order valence-electron chi connectivity index (χ0n) is 14.4. The maximum atomic E-state index is 6.15. The van der Waals surface area contributed by atoms with E-state index < -0.39 is 0 Å². The van der Waals surface area contributed by atoms with E-state index in [-0.39, 0.29) is 0 Å². The van der Waals surface area contributed by atoms with Crippen LogP contribution in [0, 0.1) is 6.92 Å². The van der Waals surface area contributed by atoms with Gasteiger partial charge in [-0.05, 0) is 48.6 Å². The van der Waals surface area contributed by atoms with Crippen LogP contribution in [0.15, 0.2) is 30.3 Å². The molecule has 2 aliphatic heterocycles. The second kappa shape index (κ2) is 6.36. The molecule has 0 saturated carbocycles. The second-order valence-corrected chi connectivity index (χ2v) is 6.67. The van der Waals surface area contributed by atoms with Crippen molar-refractivity contribution in [3.05, 3.63) is 52.6 Å². The Morgan fingerprint density at radius 2 is 2.08 bits per heavy atom. The molecule has 0 saturated heterocycles. The van der Waals surface area contributed by atoms with Crippen LogP contribution in [-0.2, 0) is 19.5 Å². The van der Waals surface area contributed by atoms with E-state index in [1.165, 1.54) is 34.4 Å². The van der Waals surface area contributed by atoms with Gasteiger partial charge in [-0.3, -0.25) is 4.90 Å². The lowest BCUT2D eigenvalue weighted by Gasteiger charge is -2.33. The summed E-state index contributed by atoms with van der Waals surface area (Å²) in [5.41, 5.74) is 6.62. The van der Waals surface area contributed by atoms with Crippen LogP contribution < -0.4 is 14.8 Å². The lowest BCUT2D eigenvalue weighted by molar-refractivity contribution is 0.0892. The van der Waals surface area contributed by atoms with Gasteiger partial charge in [0.25, 0.3) is 0 Å². The molecule has 0 unspecified atom stereocenters. The molecule has 0 aliphatic carbocycles. The minimum atomic E-state index is 0.635. The van der Waals surface area contributed by atoms with Crippen LogP contribution in [0.2, 0.25) is 0 Å². The molecule has 0 aromatic heterocycles. The van der Waals surface area contributed by atoms with E-state index in [1.807, 2.05) is 12.1 Å². The molecule has 4 nitrogen and oxygen atoms in total. The number of ether oxygens (including phenoxy) is 2. The summed E-state index contributed by atoms with van der Waals surface area (Å²) >= 11 is 0. The Morgan fingerprint density at radius 1 is 1.25 bits per heavy atom. The summed E-state index contributed by atoms with van der Waals surface area (Å²) in [6.07, 6.45) is 2.36. The molecular formula is C20H24N2O2. The minimum absolute atomic E-state index is 0.635. The summed E-state index contributed by atoms with van der Waals surface area (Å²) in [5.74, 6) is 1.97. The molecule has 4 heteroatoms. The van der Waals surface area contributed by atoms with Gasteiger partial charge in [0.2, 0.25) is 0 Å². The van der Waals surface area contributed by atoms with Gasteiger partial charge in [-0.2, -0.15) is 0 Å². The summed E-state index contributed by atoms with van der Waals surface area (Å²) in [6, 6.07) is 10.6. The van der Waals surface area contributed by atoms with Crippen molar-refractivity contribution in [1.82, 2.24) is 4.90 Å². The molecule has 0 spiro atoms. The number of anilines is 1. The van der Waals surface area contributed by atoms with Crippen LogP contribution >= 0.6 is 0 Å². The van der Waals surface area contributed by atoms with Crippen molar-refractivity contribution in [3.63, 3.8) is 0 Å². The fourth-order valence-electron chi connectivity index (χ4n) is 3.71. The summed E-state index contributed by atoms with van der Waals surface area (Å²) in [4.78, 5) is 2.33. The SMILES string of the molecule is COc1ccc(CN2COc3c(cc(C)c4c3NCCC4)C2)cc1. The number of aryl methyl sites for hydroxylation is 1.